The van der Waals surface area contributed by atoms with Crippen LogP contribution < -0.4 is 41.4 Å². The van der Waals surface area contributed by atoms with Gasteiger partial charge in [0.05, 0.1) is 22.3 Å². The van der Waals surface area contributed by atoms with Crippen LogP contribution in [0.25, 0.3) is 178 Å². The van der Waals surface area contributed by atoms with E-state index in [0.29, 0.717) is 89.6 Å². The van der Waals surface area contributed by atoms with Gasteiger partial charge in [0.1, 0.15) is 137 Å². The number of aromatic nitrogens is 8. The molecular formula is C92H42F8N8O12. The summed E-state index contributed by atoms with van der Waals surface area (Å²) in [6.45, 7) is 0. The fourth-order valence-corrected chi connectivity index (χ4v) is 14.8. The largest absolute Gasteiger partial charge is 0.457 e. The van der Waals surface area contributed by atoms with Crippen molar-refractivity contribution in [3.8, 4) is 136 Å². The Bertz CT molecular complexity index is 7660. The van der Waals surface area contributed by atoms with E-state index in [1.165, 1.54) is 48.5 Å². The predicted molar refractivity (Wildman–Crippen MR) is 428 cm³/mol. The lowest BCUT2D eigenvalue weighted by Crippen LogP contribution is -2.03. The molecule has 0 atom stereocenters. The highest BCUT2D eigenvalue weighted by Crippen LogP contribution is 2.44. The highest BCUT2D eigenvalue weighted by Gasteiger charge is 2.27. The van der Waals surface area contributed by atoms with E-state index in [2.05, 4.69) is 9.97 Å². The third-order valence-corrected chi connectivity index (χ3v) is 20.2. The van der Waals surface area contributed by atoms with Crippen molar-refractivity contribution in [1.82, 2.24) is 39.9 Å². The Morgan fingerprint density at radius 2 is 0.450 bits per heavy atom. The molecule has 0 fully saturated rings. The first-order chi connectivity index (χ1) is 58.1. The van der Waals surface area contributed by atoms with Gasteiger partial charge in [-0.3, -0.25) is 0 Å². The fraction of sp³-hybridized carbons (Fsp3) is 0. The van der Waals surface area contributed by atoms with Crippen LogP contribution in [0.4, 0.5) is 35.1 Å². The van der Waals surface area contributed by atoms with Gasteiger partial charge in [0.15, 0.2) is 23.3 Å². The number of halogens is 8. The number of nitrogens with zero attached hydrogens (tertiary/aromatic N) is 6. The number of benzene rings is 12. The molecule has 0 unspecified atom stereocenters. The van der Waals surface area contributed by atoms with E-state index in [-0.39, 0.29) is 159 Å². The molecule has 20 nitrogen and oxygen atoms in total. The van der Waals surface area contributed by atoms with E-state index in [1.54, 1.807) is 121 Å². The molecule has 2 N–H and O–H groups in total. The Kier molecular flexibility index (Phi) is 16.4. The van der Waals surface area contributed by atoms with Crippen LogP contribution in [0.5, 0.6) is 46.0 Å². The number of hydrogen-bond acceptors (Lipinski definition) is 18. The summed E-state index contributed by atoms with van der Waals surface area (Å²) in [5.41, 5.74) is -0.818. The molecule has 0 saturated heterocycles. The molecule has 0 spiro atoms. The van der Waals surface area contributed by atoms with E-state index >= 15 is 0 Å². The van der Waals surface area contributed by atoms with Gasteiger partial charge in [-0.2, -0.15) is 0 Å². The van der Waals surface area contributed by atoms with Gasteiger partial charge in [0, 0.05) is 114 Å². The molecule has 2 aliphatic rings. The molecule has 0 radical (unpaired) electrons. The van der Waals surface area contributed by atoms with Gasteiger partial charge < -0.3 is 46.6 Å². The Labute approximate surface area is 663 Å². The Hall–Kier alpha value is -16.5. The second kappa shape index (κ2) is 27.6. The van der Waals surface area contributed by atoms with Gasteiger partial charge in [-0.25, -0.2) is 84.2 Å². The van der Waals surface area contributed by atoms with Gasteiger partial charge in [-0.15, -0.1) is 0 Å². The zero-order chi connectivity index (χ0) is 81.6. The van der Waals surface area contributed by atoms with Crippen LogP contribution >= 0.6 is 0 Å². The smallest absolute Gasteiger partial charge is 0.344 e. The van der Waals surface area contributed by atoms with E-state index < -0.39 is 69.0 Å². The van der Waals surface area contributed by atoms with Gasteiger partial charge in [-0.1, -0.05) is 0 Å². The first kappa shape index (κ1) is 71.3. The first-order valence-corrected chi connectivity index (χ1v) is 36.4. The number of H-pyrrole nitrogens is 2. The number of fused-ring (bicyclic) bond motifs is 24. The maximum atomic E-state index is 14.4. The molecule has 0 amide bonds. The molecule has 578 valence electrons. The standard InChI is InChI=1S/C92H42F8N8O12/c93-49-17-45(18-50(94)29-49)69-25-41-1-5-61(37-77(41)117-89(69)109)113-57-9-13-65-73(33-57)85-101-81(65)106-86-75-35-59(115-63-7-3-43-27-71(91(111)119-79(43)39-63)47-21-53(97)31-54(98)22-47)11-15-67(75)83(103-86)108-88-76-36-60(116-64-8-4-44-28-72(92(112)120-80(44)40-64)48-23-55(99)32-56(100)24-48)12-16-68(76)84(104-88)107-87-74-34-58(10-14-66(74)82(102-87)105-85)114-62-6-2-42-26-70(90(110)118-78(42)38-62)46-19-51(95)30-52(96)20-46/h1-40H,(H2,101,102,103,104,105,106,107,108). The number of ether oxygens (including phenoxy) is 4. The van der Waals surface area contributed by atoms with Crippen LogP contribution in [0.3, 0.4) is 0 Å². The van der Waals surface area contributed by atoms with Crippen molar-refractivity contribution in [2.24, 2.45) is 0 Å². The van der Waals surface area contributed by atoms with Gasteiger partial charge in [-0.05, 0) is 216 Å². The van der Waals surface area contributed by atoms with Crippen LogP contribution in [0.2, 0.25) is 0 Å². The highest BCUT2D eigenvalue weighted by molar-refractivity contribution is 6.07. The zero-order valence-corrected chi connectivity index (χ0v) is 60.7. The van der Waals surface area contributed by atoms with Crippen LogP contribution in [0.1, 0.15) is 0 Å². The number of rotatable bonds is 12. The quantitative estimate of drug-likeness (QED) is 0.0850. The maximum absolute atomic E-state index is 14.4. The third kappa shape index (κ3) is 13.1. The van der Waals surface area contributed by atoms with Gasteiger partial charge in [0.25, 0.3) is 0 Å². The van der Waals surface area contributed by atoms with Crippen molar-refractivity contribution < 1.29 is 71.7 Å². The Morgan fingerprint density at radius 1 is 0.217 bits per heavy atom. The topological polar surface area (TPSA) is 267 Å². The third-order valence-electron chi connectivity index (χ3n) is 20.2. The molecular weight excluding hydrogens is 1560 g/mol. The monoisotopic (exact) mass is 1600 g/mol. The lowest BCUT2D eigenvalue weighted by Gasteiger charge is -2.09. The van der Waals surface area contributed by atoms with Crippen molar-refractivity contribution in [3.05, 3.63) is 331 Å². The van der Waals surface area contributed by atoms with Crippen LogP contribution in [-0.2, 0) is 0 Å². The molecule has 21 rings (SSSR count). The lowest BCUT2D eigenvalue weighted by molar-refractivity contribution is 0.480. The summed E-state index contributed by atoms with van der Waals surface area (Å²) in [5, 5.41) is 3.50. The number of aromatic amines is 2. The molecule has 19 aromatic rings. The van der Waals surface area contributed by atoms with Crippen molar-refractivity contribution in [3.63, 3.8) is 0 Å². The molecule has 2 aliphatic heterocycles. The summed E-state index contributed by atoms with van der Waals surface area (Å²) < 4.78 is 164. The summed E-state index contributed by atoms with van der Waals surface area (Å²) in [6.07, 6.45) is 0. The van der Waals surface area contributed by atoms with E-state index in [9.17, 15) is 54.3 Å². The van der Waals surface area contributed by atoms with Crippen LogP contribution in [-0.4, -0.2) is 39.9 Å². The second-order valence-corrected chi connectivity index (χ2v) is 28.1. The van der Waals surface area contributed by atoms with Crippen molar-refractivity contribution in [2.75, 3.05) is 0 Å². The molecule has 120 heavy (non-hydrogen) atoms. The summed E-state index contributed by atoms with van der Waals surface area (Å²) in [7, 11) is 0. The predicted octanol–water partition coefficient (Wildman–Crippen LogP) is 22.2. The van der Waals surface area contributed by atoms with E-state index in [1.807, 2.05) is 0 Å². The van der Waals surface area contributed by atoms with Gasteiger partial charge >= 0.3 is 22.5 Å². The van der Waals surface area contributed by atoms with E-state index in [0.717, 1.165) is 48.5 Å². The summed E-state index contributed by atoms with van der Waals surface area (Å²) in [5.74, 6) is -4.63. The fourth-order valence-electron chi connectivity index (χ4n) is 14.8. The SMILES string of the molecule is O=c1oc2cc(Oc3ccc4c(c3)-c3nc-4nc4[nH]c(nc5nc(nc6[nH]c(n3)c3ccc(Oc7ccc8cc(-c9cc(F)cc(F)c9)c(=O)oc8c7)cc63)-c3ccc(Oc6ccc7cc(-c8cc(F)cc(F)c8)c(=O)oc7c6)cc3-5)c3ccc(Oc5ccc6cc(-c7cc(F)cc(F)c7)c(=O)oc6c5)cc43)ccc2cc1-c1cc(F)cc(F)c1. The van der Waals surface area contributed by atoms with Crippen molar-refractivity contribution >= 4 is 88.0 Å². The lowest BCUT2D eigenvalue weighted by atomic mass is 10.1. The summed E-state index contributed by atoms with van der Waals surface area (Å²) in [4.78, 5) is 91.8. The minimum atomic E-state index is -0.880. The summed E-state index contributed by atoms with van der Waals surface area (Å²) in [6, 6.07) is 56.1. The maximum Gasteiger partial charge on any atom is 0.344 e. The normalized spacial score (nSPS) is 11.8. The highest BCUT2D eigenvalue weighted by atomic mass is 19.2. The van der Waals surface area contributed by atoms with E-state index in [4.69, 9.17) is 66.5 Å². The zero-order valence-electron chi connectivity index (χ0n) is 60.7. The van der Waals surface area contributed by atoms with Crippen LogP contribution in [0, 0.1) is 46.5 Å². The molecule has 9 heterocycles. The van der Waals surface area contributed by atoms with Gasteiger partial charge in [0.2, 0.25) is 0 Å². The molecule has 0 aliphatic carbocycles. The number of hydrogen-bond donors (Lipinski definition) is 2. The minimum absolute atomic E-state index is 0.0176. The minimum Gasteiger partial charge on any atom is -0.457 e. The average molecular weight is 1600 g/mol. The molecule has 28 heteroatoms. The van der Waals surface area contributed by atoms with Crippen LogP contribution in [0.15, 0.2) is 280 Å². The van der Waals surface area contributed by atoms with Crippen molar-refractivity contribution in [2.45, 2.75) is 0 Å². The molecule has 7 aromatic heterocycles. The molecule has 0 saturated carbocycles. The number of nitrogens with one attached hydrogen (secondary N) is 2. The Morgan fingerprint density at radius 3 is 0.733 bits per heavy atom. The molecule has 12 aromatic carbocycles. The summed E-state index contributed by atoms with van der Waals surface area (Å²) >= 11 is 0. The second-order valence-electron chi connectivity index (χ2n) is 28.1. The first-order valence-electron chi connectivity index (χ1n) is 36.4. The Balaban J connectivity index is 0.722. The molecule has 8 bridgehead atoms. The van der Waals surface area contributed by atoms with Crippen molar-refractivity contribution in [1.29, 1.82) is 0 Å². The average Bonchev–Trinajstić information content (AvgIpc) is 1.65.